The Balaban J connectivity index is 1.50. The molecule has 0 heterocycles. The highest BCUT2D eigenvalue weighted by atomic mass is 19.1. The average molecular weight is 407 g/mol. The molecule has 2 heteroatoms. The minimum atomic E-state index is -0.636. The van der Waals surface area contributed by atoms with Gasteiger partial charge in [0.1, 0.15) is 6.17 Å². The van der Waals surface area contributed by atoms with E-state index in [1.165, 1.54) is 44.9 Å². The van der Waals surface area contributed by atoms with Crippen molar-refractivity contribution in [1.82, 2.24) is 0 Å². The van der Waals surface area contributed by atoms with Crippen LogP contribution in [-0.2, 0) is 0 Å². The Kier molecular flexibility index (Phi) is 6.17. The normalized spacial score (nSPS) is 50.7. The zero-order valence-corrected chi connectivity index (χ0v) is 19.8. The van der Waals surface area contributed by atoms with E-state index >= 15 is 4.39 Å². The third-order valence-electron chi connectivity index (χ3n) is 10.8. The smallest absolute Gasteiger partial charge is 0.104 e. The molecule has 4 fully saturated rings. The molecule has 4 saturated carbocycles. The topological polar surface area (TPSA) is 20.2 Å². The highest BCUT2D eigenvalue weighted by Gasteiger charge is 2.63. The second-order valence-corrected chi connectivity index (χ2v) is 12.7. The minimum Gasteiger partial charge on any atom is -0.393 e. The summed E-state index contributed by atoms with van der Waals surface area (Å²) in [5.41, 5.74) is 0.634. The number of hydrogen-bond acceptors (Lipinski definition) is 1. The number of halogens is 1. The van der Waals surface area contributed by atoms with Gasteiger partial charge in [-0.2, -0.15) is 0 Å². The van der Waals surface area contributed by atoms with Crippen molar-refractivity contribution in [3.05, 3.63) is 0 Å². The number of fused-ring (bicyclic) bond motifs is 5. The fourth-order valence-electron chi connectivity index (χ4n) is 9.17. The maximum absolute atomic E-state index is 15.7. The highest BCUT2D eigenvalue weighted by molar-refractivity contribution is 5.11. The third-order valence-corrected chi connectivity index (χ3v) is 10.8. The fourth-order valence-corrected chi connectivity index (χ4v) is 9.17. The van der Waals surface area contributed by atoms with E-state index in [0.717, 1.165) is 43.4 Å². The van der Waals surface area contributed by atoms with Gasteiger partial charge in [0.25, 0.3) is 0 Å². The Morgan fingerprint density at radius 1 is 0.897 bits per heavy atom. The largest absolute Gasteiger partial charge is 0.393 e. The van der Waals surface area contributed by atoms with E-state index in [1.54, 1.807) is 0 Å². The molecule has 0 bridgehead atoms. The van der Waals surface area contributed by atoms with Crippen LogP contribution in [0.25, 0.3) is 0 Å². The number of aliphatic hydroxyl groups excluding tert-OH is 1. The molecule has 1 N–H and O–H groups in total. The monoisotopic (exact) mass is 406 g/mol. The van der Waals surface area contributed by atoms with Crippen LogP contribution in [0.5, 0.6) is 0 Å². The lowest BCUT2D eigenvalue weighted by atomic mass is 9.44. The molecule has 0 spiro atoms. The summed E-state index contributed by atoms with van der Waals surface area (Å²) in [7, 11) is 0. The quantitative estimate of drug-likeness (QED) is 0.504. The van der Waals surface area contributed by atoms with Crippen molar-refractivity contribution in [1.29, 1.82) is 0 Å². The van der Waals surface area contributed by atoms with Gasteiger partial charge in [0.05, 0.1) is 6.10 Å². The molecule has 0 unspecified atom stereocenters. The third kappa shape index (κ3) is 3.72. The zero-order chi connectivity index (χ0) is 21.0. The predicted molar refractivity (Wildman–Crippen MR) is 119 cm³/mol. The standard InChI is InChI=1S/C27H47FO/c1-17(2)7-6-8-18(3)21-9-10-22-25-23(12-14-27(21,22)5)26(4)13-11-20(29)15-19(26)16-24(25)28/h17-25,29H,6-16H2,1-5H3/t18-,19-,20+,21-,22+,23+,24+,25+,26+,27-/m1/s1. The Morgan fingerprint density at radius 2 is 1.59 bits per heavy atom. The van der Waals surface area contributed by atoms with Crippen LogP contribution in [0.3, 0.4) is 0 Å². The first-order valence-corrected chi connectivity index (χ1v) is 13.0. The summed E-state index contributed by atoms with van der Waals surface area (Å²) in [6, 6.07) is 0. The molecule has 168 valence electrons. The number of aliphatic hydroxyl groups is 1. The summed E-state index contributed by atoms with van der Waals surface area (Å²) in [5.74, 6) is 4.23. The molecule has 0 aromatic carbocycles. The molecular weight excluding hydrogens is 359 g/mol. The van der Waals surface area contributed by atoms with Crippen LogP contribution in [0, 0.1) is 52.3 Å². The predicted octanol–water partition coefficient (Wildman–Crippen LogP) is 7.42. The summed E-state index contributed by atoms with van der Waals surface area (Å²) < 4.78 is 15.7. The molecule has 29 heavy (non-hydrogen) atoms. The summed E-state index contributed by atoms with van der Waals surface area (Å²) in [6.45, 7) is 12.2. The van der Waals surface area contributed by atoms with E-state index in [2.05, 4.69) is 34.6 Å². The second-order valence-electron chi connectivity index (χ2n) is 12.7. The van der Waals surface area contributed by atoms with Gasteiger partial charge in [-0.3, -0.25) is 0 Å². The molecule has 0 aliphatic heterocycles. The molecule has 4 aliphatic carbocycles. The van der Waals surface area contributed by atoms with Gasteiger partial charge in [-0.15, -0.1) is 0 Å². The summed E-state index contributed by atoms with van der Waals surface area (Å²) in [4.78, 5) is 0. The zero-order valence-electron chi connectivity index (χ0n) is 19.8. The van der Waals surface area contributed by atoms with Crippen LogP contribution >= 0.6 is 0 Å². The molecule has 0 amide bonds. The summed E-state index contributed by atoms with van der Waals surface area (Å²) in [6.07, 6.45) is 12.0. The van der Waals surface area contributed by atoms with E-state index in [1.807, 2.05) is 0 Å². The van der Waals surface area contributed by atoms with Crippen LogP contribution in [0.4, 0.5) is 4.39 Å². The Bertz CT molecular complexity index is 575. The number of hydrogen-bond donors (Lipinski definition) is 1. The maximum Gasteiger partial charge on any atom is 0.104 e. The summed E-state index contributed by atoms with van der Waals surface area (Å²) in [5, 5.41) is 10.2. The minimum absolute atomic E-state index is 0.187. The van der Waals surface area contributed by atoms with Crippen LogP contribution in [0.15, 0.2) is 0 Å². The van der Waals surface area contributed by atoms with Gasteiger partial charge in [-0.05, 0) is 104 Å². The van der Waals surface area contributed by atoms with Crippen LogP contribution < -0.4 is 0 Å². The lowest BCUT2D eigenvalue weighted by Gasteiger charge is -2.62. The van der Waals surface area contributed by atoms with Crippen LogP contribution in [-0.4, -0.2) is 17.4 Å². The van der Waals surface area contributed by atoms with Gasteiger partial charge in [-0.25, -0.2) is 4.39 Å². The van der Waals surface area contributed by atoms with E-state index in [-0.39, 0.29) is 17.4 Å². The fraction of sp³-hybridized carbons (Fsp3) is 1.00. The Hall–Kier alpha value is -0.110. The number of alkyl halides is 1. The first-order chi connectivity index (χ1) is 13.7. The van der Waals surface area contributed by atoms with Crippen LogP contribution in [0.2, 0.25) is 0 Å². The van der Waals surface area contributed by atoms with Gasteiger partial charge in [-0.1, -0.05) is 53.9 Å². The molecule has 10 atom stereocenters. The molecule has 4 rings (SSSR count). The molecule has 0 saturated heterocycles. The first kappa shape index (κ1) is 22.1. The lowest BCUT2D eigenvalue weighted by Crippen LogP contribution is -2.57. The SMILES string of the molecule is CC(C)CCC[C@@H](C)[C@H]1CC[C@H]2[C@@H]3[C@@H](F)C[C@H]4C[C@@H](O)CC[C@]4(C)[C@H]3CC[C@]12C. The van der Waals surface area contributed by atoms with Crippen molar-refractivity contribution in [3.8, 4) is 0 Å². The maximum atomic E-state index is 15.7. The Morgan fingerprint density at radius 3 is 2.31 bits per heavy atom. The lowest BCUT2D eigenvalue weighted by molar-refractivity contribution is -0.157. The van der Waals surface area contributed by atoms with E-state index in [9.17, 15) is 5.11 Å². The van der Waals surface area contributed by atoms with Crippen molar-refractivity contribution >= 4 is 0 Å². The van der Waals surface area contributed by atoms with Gasteiger partial charge in [0.2, 0.25) is 0 Å². The van der Waals surface area contributed by atoms with Crippen LogP contribution in [0.1, 0.15) is 105 Å². The van der Waals surface area contributed by atoms with Gasteiger partial charge in [0.15, 0.2) is 0 Å². The molecular formula is C27H47FO. The van der Waals surface area contributed by atoms with Crippen molar-refractivity contribution in [3.63, 3.8) is 0 Å². The van der Waals surface area contributed by atoms with Gasteiger partial charge >= 0.3 is 0 Å². The van der Waals surface area contributed by atoms with Crippen molar-refractivity contribution in [2.45, 2.75) is 118 Å². The van der Waals surface area contributed by atoms with Gasteiger partial charge in [0, 0.05) is 0 Å². The van der Waals surface area contributed by atoms with E-state index in [0.29, 0.717) is 23.2 Å². The molecule has 0 aromatic rings. The van der Waals surface area contributed by atoms with Gasteiger partial charge < -0.3 is 5.11 Å². The molecule has 1 nitrogen and oxygen atoms in total. The average Bonchev–Trinajstić information content (AvgIpc) is 3.00. The summed E-state index contributed by atoms with van der Waals surface area (Å²) >= 11 is 0. The Labute approximate surface area is 179 Å². The molecule has 4 aliphatic rings. The van der Waals surface area contributed by atoms with Crippen molar-refractivity contribution in [2.75, 3.05) is 0 Å². The number of rotatable bonds is 5. The van der Waals surface area contributed by atoms with Crippen molar-refractivity contribution in [2.24, 2.45) is 52.3 Å². The second kappa shape index (κ2) is 8.10. The first-order valence-electron chi connectivity index (χ1n) is 13.0. The highest BCUT2D eigenvalue weighted by Crippen LogP contribution is 2.68. The van der Waals surface area contributed by atoms with E-state index < -0.39 is 6.17 Å². The van der Waals surface area contributed by atoms with E-state index in [4.69, 9.17) is 0 Å². The molecule has 0 radical (unpaired) electrons. The van der Waals surface area contributed by atoms with Crippen molar-refractivity contribution < 1.29 is 9.50 Å². The molecule has 0 aromatic heterocycles.